The molecule has 3 rings (SSSR count). The van der Waals surface area contributed by atoms with Crippen LogP contribution in [0.3, 0.4) is 0 Å². The van der Waals surface area contributed by atoms with Crippen LogP contribution in [-0.2, 0) is 17.8 Å². The van der Waals surface area contributed by atoms with Crippen LogP contribution in [-0.4, -0.2) is 25.8 Å². The number of rotatable bonds is 7. The molecule has 2 N–H and O–H groups in total. The number of aryl methyl sites for hydroxylation is 1. The third-order valence-electron chi connectivity index (χ3n) is 4.12. The first-order valence-corrected chi connectivity index (χ1v) is 8.68. The lowest BCUT2D eigenvalue weighted by Gasteiger charge is -2.17. The number of hydrogen-bond donors (Lipinski definition) is 2. The molecule has 7 heteroatoms. The number of pyridine rings is 1. The number of anilines is 2. The summed E-state index contributed by atoms with van der Waals surface area (Å²) in [6.45, 7) is 2.24. The van der Waals surface area contributed by atoms with Gasteiger partial charge in [0.25, 0.3) is 5.56 Å². The van der Waals surface area contributed by atoms with Crippen molar-refractivity contribution in [1.29, 1.82) is 0 Å². The Balaban J connectivity index is 2.21. The number of hydrogen-bond acceptors (Lipinski definition) is 5. The Morgan fingerprint density at radius 3 is 2.59 bits per heavy atom. The van der Waals surface area contributed by atoms with Crippen LogP contribution in [0.5, 0.6) is 0 Å². The van der Waals surface area contributed by atoms with Gasteiger partial charge in [0, 0.05) is 30.3 Å². The van der Waals surface area contributed by atoms with Crippen molar-refractivity contribution in [1.82, 2.24) is 14.8 Å². The van der Waals surface area contributed by atoms with Gasteiger partial charge in [-0.25, -0.2) is 4.68 Å². The zero-order valence-electron chi connectivity index (χ0n) is 14.9. The SMILES string of the molecule is CCn1nc(-c2ccccc2)c(CCC(=O)O)c(Nc2cccnc2)c1=O. The maximum absolute atomic E-state index is 12.9. The topological polar surface area (TPSA) is 97.1 Å². The molecular weight excluding hydrogens is 344 g/mol. The molecule has 0 aliphatic rings. The first kappa shape index (κ1) is 18.3. The molecule has 0 radical (unpaired) electrons. The smallest absolute Gasteiger partial charge is 0.303 e. The van der Waals surface area contributed by atoms with E-state index in [1.807, 2.05) is 37.3 Å². The summed E-state index contributed by atoms with van der Waals surface area (Å²) in [7, 11) is 0. The first-order valence-electron chi connectivity index (χ1n) is 8.68. The molecule has 0 fully saturated rings. The lowest BCUT2D eigenvalue weighted by atomic mass is 10.0. The van der Waals surface area contributed by atoms with E-state index in [0.29, 0.717) is 29.2 Å². The van der Waals surface area contributed by atoms with E-state index >= 15 is 0 Å². The number of carboxylic acid groups (broad SMARTS) is 1. The van der Waals surface area contributed by atoms with Crippen LogP contribution in [0.15, 0.2) is 59.7 Å². The van der Waals surface area contributed by atoms with Crippen molar-refractivity contribution >= 4 is 17.3 Å². The van der Waals surface area contributed by atoms with Gasteiger partial charge in [-0.2, -0.15) is 5.10 Å². The lowest BCUT2D eigenvalue weighted by molar-refractivity contribution is -0.136. The third kappa shape index (κ3) is 4.20. The molecule has 7 nitrogen and oxygen atoms in total. The van der Waals surface area contributed by atoms with Gasteiger partial charge in [0.2, 0.25) is 0 Å². The third-order valence-corrected chi connectivity index (χ3v) is 4.12. The number of carbonyl (C=O) groups is 1. The maximum Gasteiger partial charge on any atom is 0.303 e. The Bertz CT molecular complexity index is 985. The summed E-state index contributed by atoms with van der Waals surface area (Å²) in [4.78, 5) is 28.1. The number of benzene rings is 1. The molecular formula is C20H20N4O3. The number of aromatic nitrogens is 3. The average molecular weight is 364 g/mol. The zero-order valence-corrected chi connectivity index (χ0v) is 14.9. The molecule has 0 saturated carbocycles. The van der Waals surface area contributed by atoms with Crippen LogP contribution in [0.2, 0.25) is 0 Å². The van der Waals surface area contributed by atoms with Gasteiger partial charge in [-0.05, 0) is 25.5 Å². The molecule has 0 unspecified atom stereocenters. The van der Waals surface area contributed by atoms with Crippen LogP contribution in [0.25, 0.3) is 11.3 Å². The fraction of sp³-hybridized carbons (Fsp3) is 0.200. The van der Waals surface area contributed by atoms with Crippen LogP contribution >= 0.6 is 0 Å². The second kappa shape index (κ2) is 8.27. The molecule has 2 heterocycles. The van der Waals surface area contributed by atoms with E-state index in [2.05, 4.69) is 15.4 Å². The molecule has 3 aromatic rings. The van der Waals surface area contributed by atoms with E-state index in [-0.39, 0.29) is 18.4 Å². The van der Waals surface area contributed by atoms with Crippen LogP contribution in [0, 0.1) is 0 Å². The summed E-state index contributed by atoms with van der Waals surface area (Å²) in [5, 5.41) is 16.8. The van der Waals surface area contributed by atoms with Gasteiger partial charge in [-0.3, -0.25) is 14.6 Å². The van der Waals surface area contributed by atoms with Gasteiger partial charge < -0.3 is 10.4 Å². The Labute approximate surface area is 156 Å². The summed E-state index contributed by atoms with van der Waals surface area (Å²) in [6.07, 6.45) is 3.34. The van der Waals surface area contributed by atoms with E-state index in [4.69, 9.17) is 5.11 Å². The molecule has 0 aliphatic carbocycles. The minimum atomic E-state index is -0.930. The van der Waals surface area contributed by atoms with Crippen LogP contribution in [0.1, 0.15) is 18.9 Å². The molecule has 0 spiro atoms. The molecule has 138 valence electrons. The van der Waals surface area contributed by atoms with Gasteiger partial charge in [-0.15, -0.1) is 0 Å². The van der Waals surface area contributed by atoms with Crippen molar-refractivity contribution in [2.75, 3.05) is 5.32 Å². The standard InChI is InChI=1S/C20H20N4O3/c1-2-24-20(27)19(22-15-9-6-12-21-13-15)16(10-11-17(25)26)18(23-24)14-7-4-3-5-8-14/h3-9,12-13,22H,2,10-11H2,1H3,(H,25,26). The van der Waals surface area contributed by atoms with Crippen LogP contribution < -0.4 is 10.9 Å². The predicted octanol–water partition coefficient (Wildman–Crippen LogP) is 3.09. The fourth-order valence-corrected chi connectivity index (χ4v) is 2.83. The number of aliphatic carboxylic acids is 1. The van der Waals surface area contributed by atoms with Crippen molar-refractivity contribution in [3.8, 4) is 11.3 Å². The van der Waals surface area contributed by atoms with E-state index < -0.39 is 5.97 Å². The highest BCUT2D eigenvalue weighted by molar-refractivity contribution is 5.74. The van der Waals surface area contributed by atoms with E-state index in [0.717, 1.165) is 5.56 Å². The highest BCUT2D eigenvalue weighted by Crippen LogP contribution is 2.28. The summed E-state index contributed by atoms with van der Waals surface area (Å²) in [5.41, 5.74) is 2.71. The minimum absolute atomic E-state index is 0.0984. The van der Waals surface area contributed by atoms with E-state index in [9.17, 15) is 9.59 Å². The molecule has 0 atom stereocenters. The normalized spacial score (nSPS) is 10.6. The molecule has 0 saturated heterocycles. The Morgan fingerprint density at radius 2 is 1.96 bits per heavy atom. The molecule has 0 amide bonds. The maximum atomic E-state index is 12.9. The fourth-order valence-electron chi connectivity index (χ4n) is 2.83. The quantitative estimate of drug-likeness (QED) is 0.669. The summed E-state index contributed by atoms with van der Waals surface area (Å²) >= 11 is 0. The number of carboxylic acids is 1. The molecule has 0 bridgehead atoms. The second-order valence-corrected chi connectivity index (χ2v) is 5.95. The molecule has 27 heavy (non-hydrogen) atoms. The van der Waals surface area contributed by atoms with Gasteiger partial charge in [0.1, 0.15) is 5.69 Å². The number of nitrogens with zero attached hydrogens (tertiary/aromatic N) is 3. The van der Waals surface area contributed by atoms with Crippen LogP contribution in [0.4, 0.5) is 11.4 Å². The zero-order chi connectivity index (χ0) is 19.2. The van der Waals surface area contributed by atoms with Gasteiger partial charge >= 0.3 is 5.97 Å². The van der Waals surface area contributed by atoms with Crippen molar-refractivity contribution in [2.45, 2.75) is 26.3 Å². The van der Waals surface area contributed by atoms with Crippen molar-refractivity contribution in [3.05, 3.63) is 70.8 Å². The van der Waals surface area contributed by atoms with Crippen molar-refractivity contribution < 1.29 is 9.90 Å². The second-order valence-electron chi connectivity index (χ2n) is 5.95. The van der Waals surface area contributed by atoms with Crippen molar-refractivity contribution in [2.24, 2.45) is 0 Å². The Morgan fingerprint density at radius 1 is 1.19 bits per heavy atom. The predicted molar refractivity (Wildman–Crippen MR) is 103 cm³/mol. The monoisotopic (exact) mass is 364 g/mol. The highest BCUT2D eigenvalue weighted by Gasteiger charge is 2.19. The first-order chi connectivity index (χ1) is 13.1. The summed E-state index contributed by atoms with van der Waals surface area (Å²) in [6, 6.07) is 13.0. The average Bonchev–Trinajstić information content (AvgIpc) is 2.69. The van der Waals surface area contributed by atoms with Crippen molar-refractivity contribution in [3.63, 3.8) is 0 Å². The Kier molecular flexibility index (Phi) is 5.61. The van der Waals surface area contributed by atoms with Gasteiger partial charge in [0.15, 0.2) is 0 Å². The lowest BCUT2D eigenvalue weighted by Crippen LogP contribution is -2.27. The van der Waals surface area contributed by atoms with Gasteiger partial charge in [-0.1, -0.05) is 30.3 Å². The molecule has 0 aliphatic heterocycles. The van der Waals surface area contributed by atoms with E-state index in [1.165, 1.54) is 4.68 Å². The number of nitrogens with one attached hydrogen (secondary N) is 1. The molecule has 1 aromatic carbocycles. The minimum Gasteiger partial charge on any atom is -0.481 e. The highest BCUT2D eigenvalue weighted by atomic mass is 16.4. The van der Waals surface area contributed by atoms with E-state index in [1.54, 1.807) is 24.5 Å². The Hall–Kier alpha value is -3.48. The van der Waals surface area contributed by atoms with Gasteiger partial charge in [0.05, 0.1) is 17.6 Å². The summed E-state index contributed by atoms with van der Waals surface area (Å²) < 4.78 is 1.38. The molecule has 2 aromatic heterocycles. The summed E-state index contributed by atoms with van der Waals surface area (Å²) in [5.74, 6) is -0.930. The largest absolute Gasteiger partial charge is 0.481 e.